The number of rotatable bonds is 3. The van der Waals surface area contributed by atoms with Gasteiger partial charge >= 0.3 is 0 Å². The van der Waals surface area contributed by atoms with Crippen molar-refractivity contribution in [2.24, 2.45) is 0 Å². The molecule has 5 heteroatoms. The summed E-state index contributed by atoms with van der Waals surface area (Å²) in [6.45, 7) is 10.7. The van der Waals surface area contributed by atoms with Crippen molar-refractivity contribution < 1.29 is 5.11 Å². The topological polar surface area (TPSA) is 63.8 Å². The van der Waals surface area contributed by atoms with Crippen LogP contribution in [0, 0.1) is 6.92 Å². The summed E-state index contributed by atoms with van der Waals surface area (Å²) in [4.78, 5) is 13.1. The highest BCUT2D eigenvalue weighted by atomic mass is 16.3. The van der Waals surface area contributed by atoms with Crippen LogP contribution in [0.4, 0.5) is 0 Å². The van der Waals surface area contributed by atoms with E-state index in [0.717, 1.165) is 22.7 Å². The fraction of sp³-hybridized carbons (Fsp3) is 0.615. The third-order valence-electron chi connectivity index (χ3n) is 2.49. The highest BCUT2D eigenvalue weighted by Crippen LogP contribution is 2.21. The number of hydrogen-bond acceptors (Lipinski definition) is 4. The zero-order valence-electron chi connectivity index (χ0n) is 11.8. The average Bonchev–Trinajstić information content (AvgIpc) is 2.74. The lowest BCUT2D eigenvalue weighted by molar-refractivity contribution is 0.277. The molecule has 0 aliphatic carbocycles. The number of aliphatic hydroxyl groups excluding tert-OH is 1. The van der Waals surface area contributed by atoms with Crippen molar-refractivity contribution in [2.75, 3.05) is 6.61 Å². The molecule has 2 rings (SSSR count). The molecule has 0 spiro atoms. The Kier molecular flexibility index (Phi) is 5.22. The number of imidazole rings is 1. The summed E-state index contributed by atoms with van der Waals surface area (Å²) in [6.07, 6.45) is 1.71. The van der Waals surface area contributed by atoms with Gasteiger partial charge in [0.25, 0.3) is 0 Å². The van der Waals surface area contributed by atoms with Gasteiger partial charge in [-0.25, -0.2) is 15.0 Å². The first-order valence-electron chi connectivity index (χ1n) is 6.43. The van der Waals surface area contributed by atoms with Crippen LogP contribution >= 0.6 is 0 Å². The minimum absolute atomic E-state index is 0.0888. The number of nitrogens with zero attached hydrogens (tertiary/aromatic N) is 4. The van der Waals surface area contributed by atoms with Gasteiger partial charge in [-0.2, -0.15) is 0 Å². The van der Waals surface area contributed by atoms with Crippen molar-refractivity contribution in [3.8, 4) is 0 Å². The van der Waals surface area contributed by atoms with E-state index in [1.54, 1.807) is 6.33 Å². The molecule has 0 saturated carbocycles. The average molecular weight is 250 g/mol. The molecule has 0 bridgehead atoms. The Labute approximate surface area is 108 Å². The van der Waals surface area contributed by atoms with Crippen molar-refractivity contribution in [3.05, 3.63) is 17.8 Å². The molecule has 2 aromatic rings. The summed E-state index contributed by atoms with van der Waals surface area (Å²) < 4.78 is 1.86. The van der Waals surface area contributed by atoms with E-state index in [2.05, 4.69) is 28.8 Å². The third kappa shape index (κ3) is 2.85. The maximum atomic E-state index is 8.95. The highest BCUT2D eigenvalue weighted by Gasteiger charge is 2.13. The second-order valence-electron chi connectivity index (χ2n) is 4.14. The summed E-state index contributed by atoms with van der Waals surface area (Å²) in [5, 5.41) is 8.95. The van der Waals surface area contributed by atoms with Gasteiger partial charge < -0.3 is 9.67 Å². The Morgan fingerprint density at radius 1 is 1.28 bits per heavy atom. The molecular weight excluding hydrogens is 228 g/mol. The lowest BCUT2D eigenvalue weighted by Gasteiger charge is -2.07. The lowest BCUT2D eigenvalue weighted by atomic mass is 10.1. The molecule has 0 aliphatic rings. The van der Waals surface area contributed by atoms with E-state index in [1.165, 1.54) is 0 Å². The maximum absolute atomic E-state index is 8.95. The van der Waals surface area contributed by atoms with Crippen LogP contribution in [0.3, 0.4) is 0 Å². The highest BCUT2D eigenvalue weighted by molar-refractivity contribution is 5.74. The van der Waals surface area contributed by atoms with Gasteiger partial charge in [-0.15, -0.1) is 0 Å². The van der Waals surface area contributed by atoms with Gasteiger partial charge in [-0.3, -0.25) is 0 Å². The molecule has 0 aliphatic heterocycles. The van der Waals surface area contributed by atoms with E-state index in [9.17, 15) is 0 Å². The molecule has 2 heterocycles. The second kappa shape index (κ2) is 6.44. The fourth-order valence-corrected chi connectivity index (χ4v) is 1.75. The van der Waals surface area contributed by atoms with E-state index in [0.29, 0.717) is 12.5 Å². The van der Waals surface area contributed by atoms with E-state index in [-0.39, 0.29) is 6.61 Å². The van der Waals surface area contributed by atoms with Crippen molar-refractivity contribution >= 4 is 11.2 Å². The number of fused-ring (bicyclic) bond motifs is 1. The van der Waals surface area contributed by atoms with Gasteiger partial charge in [0.15, 0.2) is 5.65 Å². The first-order valence-corrected chi connectivity index (χ1v) is 6.43. The van der Waals surface area contributed by atoms with Crippen LogP contribution in [0.15, 0.2) is 6.33 Å². The summed E-state index contributed by atoms with van der Waals surface area (Å²) in [5.74, 6) is 1.07. The molecule has 1 N–H and O–H groups in total. The smallest absolute Gasteiger partial charge is 0.163 e. The monoisotopic (exact) mass is 250 g/mol. The van der Waals surface area contributed by atoms with E-state index >= 15 is 0 Å². The van der Waals surface area contributed by atoms with Crippen LogP contribution in [0.2, 0.25) is 0 Å². The molecule has 100 valence electrons. The van der Waals surface area contributed by atoms with Crippen LogP contribution in [0.1, 0.15) is 45.1 Å². The molecule has 0 atom stereocenters. The second-order valence-corrected chi connectivity index (χ2v) is 4.14. The molecule has 0 saturated heterocycles. The molecule has 2 aromatic heterocycles. The molecule has 0 amide bonds. The molecule has 0 radical (unpaired) electrons. The fourth-order valence-electron chi connectivity index (χ4n) is 1.75. The number of hydrogen-bond donors (Lipinski definition) is 1. The normalized spacial score (nSPS) is 10.6. The predicted molar refractivity (Wildman–Crippen MR) is 72.6 cm³/mol. The summed E-state index contributed by atoms with van der Waals surface area (Å²) >= 11 is 0. The Bertz CT molecular complexity index is 505. The van der Waals surface area contributed by atoms with E-state index in [1.807, 2.05) is 25.3 Å². The molecule has 18 heavy (non-hydrogen) atoms. The van der Waals surface area contributed by atoms with Crippen molar-refractivity contribution in [3.63, 3.8) is 0 Å². The largest absolute Gasteiger partial charge is 0.395 e. The lowest BCUT2D eigenvalue weighted by Crippen LogP contribution is -2.04. The molecule has 0 unspecified atom stereocenters. The zero-order valence-corrected chi connectivity index (χ0v) is 11.8. The van der Waals surface area contributed by atoms with Gasteiger partial charge in [0, 0.05) is 6.54 Å². The van der Waals surface area contributed by atoms with E-state index in [4.69, 9.17) is 5.11 Å². The van der Waals surface area contributed by atoms with E-state index < -0.39 is 0 Å². The van der Waals surface area contributed by atoms with Crippen molar-refractivity contribution in [1.29, 1.82) is 0 Å². The minimum atomic E-state index is 0.0888. The quantitative estimate of drug-likeness (QED) is 0.907. The van der Waals surface area contributed by atoms with Gasteiger partial charge in [0.1, 0.15) is 11.3 Å². The van der Waals surface area contributed by atoms with Gasteiger partial charge in [-0.05, 0) is 12.8 Å². The standard InChI is InChI=1S/C11H16N4O.C2H6/c1-7(2)9-10-11(14-8(3)13-9)15(4-5-16)6-12-10;1-2/h6-7,16H,4-5H2,1-3H3;1-2H3. The number of aryl methyl sites for hydroxylation is 1. The first-order chi connectivity index (χ1) is 8.63. The molecule has 0 fully saturated rings. The van der Waals surface area contributed by atoms with Crippen LogP contribution in [-0.2, 0) is 6.54 Å². The van der Waals surface area contributed by atoms with Crippen LogP contribution in [0.5, 0.6) is 0 Å². The Morgan fingerprint density at radius 2 is 1.94 bits per heavy atom. The van der Waals surface area contributed by atoms with Crippen LogP contribution in [0.25, 0.3) is 11.2 Å². The summed E-state index contributed by atoms with van der Waals surface area (Å²) in [7, 11) is 0. The predicted octanol–water partition coefficient (Wildman–Crippen LogP) is 2.28. The molecule has 0 aromatic carbocycles. The van der Waals surface area contributed by atoms with Crippen molar-refractivity contribution in [2.45, 2.75) is 47.1 Å². The van der Waals surface area contributed by atoms with Crippen LogP contribution in [-0.4, -0.2) is 31.2 Å². The SMILES string of the molecule is CC.Cc1nc(C(C)C)c2ncn(CCO)c2n1. The first kappa shape index (κ1) is 14.6. The summed E-state index contributed by atoms with van der Waals surface area (Å²) in [5.41, 5.74) is 2.62. The Balaban J connectivity index is 0.000000771. The third-order valence-corrected chi connectivity index (χ3v) is 2.49. The Hall–Kier alpha value is -1.49. The van der Waals surface area contributed by atoms with Crippen LogP contribution < -0.4 is 0 Å². The minimum Gasteiger partial charge on any atom is -0.395 e. The molecule has 5 nitrogen and oxygen atoms in total. The van der Waals surface area contributed by atoms with Gasteiger partial charge in [0.05, 0.1) is 18.6 Å². The maximum Gasteiger partial charge on any atom is 0.163 e. The number of aliphatic hydroxyl groups is 1. The Morgan fingerprint density at radius 3 is 2.50 bits per heavy atom. The number of aromatic nitrogens is 4. The zero-order chi connectivity index (χ0) is 13.7. The van der Waals surface area contributed by atoms with Gasteiger partial charge in [-0.1, -0.05) is 27.7 Å². The summed E-state index contributed by atoms with van der Waals surface area (Å²) in [6, 6.07) is 0. The molecular formula is C13H22N4O. The van der Waals surface area contributed by atoms with Gasteiger partial charge in [0.2, 0.25) is 0 Å². The van der Waals surface area contributed by atoms with Crippen molar-refractivity contribution in [1.82, 2.24) is 19.5 Å².